The molecule has 2 N–H and O–H groups in total. The first kappa shape index (κ1) is 13.5. The van der Waals surface area contributed by atoms with Crippen molar-refractivity contribution in [2.24, 2.45) is 0 Å². The number of amides is 1. The zero-order chi connectivity index (χ0) is 14.7. The van der Waals surface area contributed by atoms with Crippen LogP contribution >= 0.6 is 0 Å². The van der Waals surface area contributed by atoms with E-state index in [0.29, 0.717) is 5.56 Å². The molecule has 0 saturated carbocycles. The smallest absolute Gasteiger partial charge is 0.291 e. The molecule has 0 spiro atoms. The van der Waals surface area contributed by atoms with Gasteiger partial charge in [0.1, 0.15) is 6.20 Å². The van der Waals surface area contributed by atoms with Gasteiger partial charge in [0.05, 0.1) is 11.0 Å². The van der Waals surface area contributed by atoms with Crippen molar-refractivity contribution in [1.29, 1.82) is 0 Å². The highest BCUT2D eigenvalue weighted by atomic mass is 16.6. The average molecular weight is 273 g/mol. The van der Waals surface area contributed by atoms with E-state index in [1.54, 1.807) is 18.2 Å². The van der Waals surface area contributed by atoms with Crippen LogP contribution < -0.4 is 5.32 Å². The van der Waals surface area contributed by atoms with Crippen LogP contribution in [0, 0.1) is 17.0 Å². The molecule has 0 fully saturated rings. The van der Waals surface area contributed by atoms with Crippen molar-refractivity contribution in [2.75, 3.05) is 5.32 Å². The number of anilines is 1. The minimum Gasteiger partial charge on any atom is -0.504 e. The highest BCUT2D eigenvalue weighted by Crippen LogP contribution is 2.25. The lowest BCUT2D eigenvalue weighted by molar-refractivity contribution is -0.385. The Labute approximate surface area is 114 Å². The van der Waals surface area contributed by atoms with Crippen LogP contribution in [0.2, 0.25) is 0 Å². The lowest BCUT2D eigenvalue weighted by Gasteiger charge is -2.06. The number of nitrogens with one attached hydrogen (secondary N) is 1. The molecule has 0 radical (unpaired) electrons. The van der Waals surface area contributed by atoms with Crippen LogP contribution in [0.1, 0.15) is 15.9 Å². The zero-order valence-corrected chi connectivity index (χ0v) is 10.5. The summed E-state index contributed by atoms with van der Waals surface area (Å²) in [6.45, 7) is 1.85. The number of carbonyl (C=O) groups excluding carboxylic acids is 1. The van der Waals surface area contributed by atoms with Gasteiger partial charge in [-0.2, -0.15) is 0 Å². The summed E-state index contributed by atoms with van der Waals surface area (Å²) in [7, 11) is 0. The number of pyridine rings is 1. The Bertz CT molecular complexity index is 685. The van der Waals surface area contributed by atoms with E-state index < -0.39 is 16.6 Å². The number of hydrogen-bond acceptors (Lipinski definition) is 5. The van der Waals surface area contributed by atoms with Crippen molar-refractivity contribution in [3.8, 4) is 5.75 Å². The number of nitrogens with zero attached hydrogens (tertiary/aromatic N) is 2. The summed E-state index contributed by atoms with van der Waals surface area (Å²) in [4.78, 5) is 25.4. The number of nitro groups is 1. The quantitative estimate of drug-likeness (QED) is 0.659. The van der Waals surface area contributed by atoms with Gasteiger partial charge in [-0.1, -0.05) is 17.7 Å². The van der Waals surface area contributed by atoms with Gasteiger partial charge in [0.25, 0.3) is 11.6 Å². The third kappa shape index (κ3) is 2.89. The zero-order valence-electron chi connectivity index (χ0n) is 10.5. The maximum Gasteiger partial charge on any atom is 0.291 e. The lowest BCUT2D eigenvalue weighted by Crippen LogP contribution is -2.13. The average Bonchev–Trinajstić information content (AvgIpc) is 2.40. The number of carbonyl (C=O) groups is 1. The van der Waals surface area contributed by atoms with Gasteiger partial charge >= 0.3 is 0 Å². The molecular weight excluding hydrogens is 262 g/mol. The van der Waals surface area contributed by atoms with E-state index >= 15 is 0 Å². The predicted octanol–water partition coefficient (Wildman–Crippen LogP) is 2.26. The summed E-state index contributed by atoms with van der Waals surface area (Å²) in [6, 6.07) is 7.80. The van der Waals surface area contributed by atoms with Gasteiger partial charge in [0, 0.05) is 5.56 Å². The van der Waals surface area contributed by atoms with Gasteiger partial charge < -0.3 is 10.4 Å². The van der Waals surface area contributed by atoms with E-state index in [1.165, 1.54) is 0 Å². The molecule has 1 aromatic carbocycles. The summed E-state index contributed by atoms with van der Waals surface area (Å²) in [5.74, 6) is -1.03. The van der Waals surface area contributed by atoms with Crippen molar-refractivity contribution in [3.63, 3.8) is 0 Å². The summed E-state index contributed by atoms with van der Waals surface area (Å²) in [6.07, 6.45) is 0.964. The Balaban J connectivity index is 2.22. The third-order valence-corrected chi connectivity index (χ3v) is 2.58. The van der Waals surface area contributed by atoms with E-state index in [-0.39, 0.29) is 11.5 Å². The Kier molecular flexibility index (Phi) is 3.60. The van der Waals surface area contributed by atoms with Gasteiger partial charge in [-0.25, -0.2) is 4.98 Å². The topological polar surface area (TPSA) is 105 Å². The molecule has 1 aromatic heterocycles. The van der Waals surface area contributed by atoms with E-state index in [1.807, 2.05) is 13.0 Å². The molecule has 7 nitrogen and oxygen atoms in total. The predicted molar refractivity (Wildman–Crippen MR) is 71.7 cm³/mol. The molecular formula is C13H11N3O4. The molecule has 0 atom stereocenters. The van der Waals surface area contributed by atoms with Gasteiger partial charge in [-0.05, 0) is 19.1 Å². The molecule has 0 aliphatic heterocycles. The van der Waals surface area contributed by atoms with E-state index in [0.717, 1.165) is 17.8 Å². The second kappa shape index (κ2) is 5.35. The van der Waals surface area contributed by atoms with Crippen LogP contribution in [0.3, 0.4) is 0 Å². The second-order valence-corrected chi connectivity index (χ2v) is 4.14. The molecule has 2 rings (SSSR count). The van der Waals surface area contributed by atoms with E-state index in [9.17, 15) is 20.0 Å². The van der Waals surface area contributed by atoms with Crippen LogP contribution in [-0.2, 0) is 0 Å². The normalized spacial score (nSPS) is 10.1. The molecule has 0 saturated heterocycles. The van der Waals surface area contributed by atoms with Gasteiger partial charge in [-0.3, -0.25) is 14.9 Å². The van der Waals surface area contributed by atoms with Crippen LogP contribution in [0.25, 0.3) is 0 Å². The fraction of sp³-hybridized carbons (Fsp3) is 0.0769. The monoisotopic (exact) mass is 273 g/mol. The van der Waals surface area contributed by atoms with Crippen LogP contribution in [0.5, 0.6) is 5.75 Å². The Morgan fingerprint density at radius 2 is 2.15 bits per heavy atom. The number of rotatable bonds is 3. The van der Waals surface area contributed by atoms with Gasteiger partial charge in [0.2, 0.25) is 0 Å². The minimum atomic E-state index is -0.682. The summed E-state index contributed by atoms with van der Waals surface area (Å²) in [5.41, 5.74) is 0.971. The summed E-state index contributed by atoms with van der Waals surface area (Å²) in [5, 5.41) is 22.5. The number of aromatic nitrogens is 1. The van der Waals surface area contributed by atoms with E-state index in [2.05, 4.69) is 10.3 Å². The molecule has 0 aliphatic carbocycles. The first-order valence-corrected chi connectivity index (χ1v) is 5.69. The SMILES string of the molecule is Cc1cccc(C(=O)Nc2ncc([N+](=O)[O-])cc2O)c1. The molecule has 0 aliphatic rings. The lowest BCUT2D eigenvalue weighted by atomic mass is 10.1. The van der Waals surface area contributed by atoms with Crippen molar-refractivity contribution in [2.45, 2.75) is 6.92 Å². The Hall–Kier alpha value is -2.96. The van der Waals surface area contributed by atoms with Crippen molar-refractivity contribution in [1.82, 2.24) is 4.98 Å². The maximum absolute atomic E-state index is 11.9. The Morgan fingerprint density at radius 1 is 1.40 bits per heavy atom. The van der Waals surface area contributed by atoms with Crippen LogP contribution in [0.15, 0.2) is 36.5 Å². The van der Waals surface area contributed by atoms with Gasteiger partial charge in [0.15, 0.2) is 11.6 Å². The van der Waals surface area contributed by atoms with Crippen molar-refractivity contribution >= 4 is 17.4 Å². The molecule has 0 bridgehead atoms. The first-order valence-electron chi connectivity index (χ1n) is 5.69. The molecule has 1 amide bonds. The number of hydrogen-bond donors (Lipinski definition) is 2. The van der Waals surface area contributed by atoms with Gasteiger partial charge in [-0.15, -0.1) is 0 Å². The summed E-state index contributed by atoms with van der Waals surface area (Å²) < 4.78 is 0. The molecule has 102 valence electrons. The summed E-state index contributed by atoms with van der Waals surface area (Å²) >= 11 is 0. The second-order valence-electron chi connectivity index (χ2n) is 4.14. The standard InChI is InChI=1S/C13H11N3O4/c1-8-3-2-4-9(5-8)13(18)15-12-11(17)6-10(7-14-12)16(19)20/h2-7,17H,1H3,(H,14,15,18). The van der Waals surface area contributed by atoms with Crippen LogP contribution in [-0.4, -0.2) is 20.9 Å². The first-order chi connectivity index (χ1) is 9.47. The molecule has 7 heteroatoms. The highest BCUT2D eigenvalue weighted by molar-refractivity contribution is 6.04. The van der Waals surface area contributed by atoms with Crippen LogP contribution in [0.4, 0.5) is 11.5 Å². The van der Waals surface area contributed by atoms with Crippen molar-refractivity contribution < 1.29 is 14.8 Å². The molecule has 2 aromatic rings. The largest absolute Gasteiger partial charge is 0.504 e. The number of aromatic hydroxyl groups is 1. The third-order valence-electron chi connectivity index (χ3n) is 2.58. The fourth-order valence-electron chi connectivity index (χ4n) is 1.60. The molecule has 0 unspecified atom stereocenters. The maximum atomic E-state index is 11.9. The van der Waals surface area contributed by atoms with Crippen molar-refractivity contribution in [3.05, 3.63) is 57.8 Å². The molecule has 1 heterocycles. The Morgan fingerprint density at radius 3 is 2.75 bits per heavy atom. The highest BCUT2D eigenvalue weighted by Gasteiger charge is 2.14. The molecule has 20 heavy (non-hydrogen) atoms. The van der Waals surface area contributed by atoms with E-state index in [4.69, 9.17) is 0 Å². The fourth-order valence-corrected chi connectivity index (χ4v) is 1.60. The number of benzene rings is 1. The minimum absolute atomic E-state index is 0.123. The number of aryl methyl sites for hydroxylation is 1.